The van der Waals surface area contributed by atoms with Gasteiger partial charge in [-0.2, -0.15) is 0 Å². The predicted molar refractivity (Wildman–Crippen MR) is 125 cm³/mol. The van der Waals surface area contributed by atoms with Crippen molar-refractivity contribution in [1.82, 2.24) is 5.06 Å². The van der Waals surface area contributed by atoms with E-state index in [0.29, 0.717) is 5.56 Å². The molecule has 0 aliphatic carbocycles. The van der Waals surface area contributed by atoms with E-state index < -0.39 is 11.1 Å². The second-order valence-corrected chi connectivity index (χ2v) is 9.30. The van der Waals surface area contributed by atoms with Crippen LogP contribution >= 0.6 is 0 Å². The van der Waals surface area contributed by atoms with Crippen LogP contribution in [0.3, 0.4) is 0 Å². The molecule has 0 atom stereocenters. The van der Waals surface area contributed by atoms with Crippen LogP contribution in [0.5, 0.6) is 0 Å². The third-order valence-corrected chi connectivity index (χ3v) is 7.10. The Morgan fingerprint density at radius 3 is 1.71 bits per heavy atom. The Morgan fingerprint density at radius 1 is 0.742 bits per heavy atom. The van der Waals surface area contributed by atoms with Gasteiger partial charge in [0.25, 0.3) is 0 Å². The minimum atomic E-state index is -0.825. The number of nitrogens with zero attached hydrogens (tertiary/aromatic N) is 2. The van der Waals surface area contributed by atoms with Crippen molar-refractivity contribution in [1.29, 1.82) is 0 Å². The molecule has 0 spiro atoms. The molecule has 4 heteroatoms. The zero-order valence-electron chi connectivity index (χ0n) is 18.2. The Morgan fingerprint density at radius 2 is 1.23 bits per heavy atom. The molecule has 5 rings (SSSR count). The fraction of sp³-hybridized carbons (Fsp3) is 0.222. The molecule has 0 bridgehead atoms. The number of fused-ring (bicyclic) bond motifs is 2. The summed E-state index contributed by atoms with van der Waals surface area (Å²) in [5.74, 6) is 0.171. The molecule has 0 saturated carbocycles. The maximum Gasteiger partial charge on any atom is 0.316 e. The Bertz CT molecular complexity index is 1300. The first kappa shape index (κ1) is 19.6. The summed E-state index contributed by atoms with van der Waals surface area (Å²) < 4.78 is 0.863. The van der Waals surface area contributed by atoms with Crippen LogP contribution in [-0.2, 0) is 5.21 Å². The van der Waals surface area contributed by atoms with E-state index in [1.54, 1.807) is 0 Å². The van der Waals surface area contributed by atoms with Crippen LogP contribution in [0.1, 0.15) is 33.3 Å². The highest BCUT2D eigenvalue weighted by Crippen LogP contribution is 2.39. The molecule has 0 aromatic heterocycles. The molecule has 0 unspecified atom stereocenters. The molecule has 0 fully saturated rings. The van der Waals surface area contributed by atoms with Crippen molar-refractivity contribution < 1.29 is 9.95 Å². The summed E-state index contributed by atoms with van der Waals surface area (Å²) in [4.78, 5) is 0. The van der Waals surface area contributed by atoms with Gasteiger partial charge in [-0.15, -0.1) is 0 Å². The molecule has 31 heavy (non-hydrogen) atoms. The van der Waals surface area contributed by atoms with E-state index in [9.17, 15) is 10.4 Å². The number of hydrogen-bond donors (Lipinski definition) is 0. The van der Waals surface area contributed by atoms with E-state index in [0.717, 1.165) is 20.9 Å². The zero-order valence-corrected chi connectivity index (χ0v) is 18.2. The molecular weight excluding hydrogens is 384 g/mol. The van der Waals surface area contributed by atoms with Crippen molar-refractivity contribution in [3.8, 4) is 11.1 Å². The SMILES string of the molecule is CC1(C)N([O])C(c2ccc(-c3c4ccccc4cc4ccccc34)cc2)=[N+]([O-])C1(C)C. The molecule has 0 N–H and O–H groups in total. The average molecular weight is 410 g/mol. The van der Waals surface area contributed by atoms with E-state index in [1.165, 1.54) is 21.5 Å². The van der Waals surface area contributed by atoms with Gasteiger partial charge in [0, 0.05) is 5.21 Å². The van der Waals surface area contributed by atoms with Gasteiger partial charge in [0.15, 0.2) is 5.54 Å². The highest BCUT2D eigenvalue weighted by molar-refractivity contribution is 6.12. The van der Waals surface area contributed by atoms with Gasteiger partial charge >= 0.3 is 5.84 Å². The van der Waals surface area contributed by atoms with Crippen molar-refractivity contribution in [2.45, 2.75) is 38.8 Å². The molecule has 0 saturated heterocycles. The lowest BCUT2D eigenvalue weighted by Crippen LogP contribution is -2.53. The fourth-order valence-corrected chi connectivity index (χ4v) is 4.45. The maximum absolute atomic E-state index is 13.0. The van der Waals surface area contributed by atoms with Crippen molar-refractivity contribution >= 4 is 27.4 Å². The first-order valence-electron chi connectivity index (χ1n) is 10.6. The van der Waals surface area contributed by atoms with Crippen LogP contribution in [0.15, 0.2) is 78.9 Å². The lowest BCUT2D eigenvalue weighted by Gasteiger charge is -2.32. The molecule has 4 aromatic rings. The molecule has 155 valence electrons. The van der Waals surface area contributed by atoms with Gasteiger partial charge in [0.05, 0.1) is 5.56 Å². The monoisotopic (exact) mass is 409 g/mol. The largest absolute Gasteiger partial charge is 0.714 e. The minimum absolute atomic E-state index is 0.171. The lowest BCUT2D eigenvalue weighted by atomic mass is 9.84. The number of hydroxylamine groups is 3. The molecule has 1 heterocycles. The summed E-state index contributed by atoms with van der Waals surface area (Å²) in [6.07, 6.45) is 0. The highest BCUT2D eigenvalue weighted by atomic mass is 16.5. The normalized spacial score (nSPS) is 17.6. The van der Waals surface area contributed by atoms with Gasteiger partial charge in [-0.3, -0.25) is 4.74 Å². The first-order chi connectivity index (χ1) is 14.7. The number of hydrogen-bond acceptors (Lipinski definition) is 2. The summed E-state index contributed by atoms with van der Waals surface area (Å²) in [6.45, 7) is 7.26. The van der Waals surface area contributed by atoms with Crippen LogP contribution in [0, 0.1) is 5.21 Å². The van der Waals surface area contributed by atoms with Crippen molar-refractivity contribution in [2.24, 2.45) is 0 Å². The third kappa shape index (κ3) is 2.68. The summed E-state index contributed by atoms with van der Waals surface area (Å²) in [7, 11) is 0. The summed E-state index contributed by atoms with van der Waals surface area (Å²) in [6, 6.07) is 26.7. The quantitative estimate of drug-likeness (QED) is 0.227. The van der Waals surface area contributed by atoms with Crippen LogP contribution in [0.2, 0.25) is 0 Å². The Kier molecular flexibility index (Phi) is 4.15. The molecule has 1 aliphatic rings. The number of benzene rings is 4. The Hall–Kier alpha value is -3.37. The molecule has 4 aromatic carbocycles. The number of rotatable bonds is 2. The van der Waals surface area contributed by atoms with E-state index in [2.05, 4.69) is 54.6 Å². The average Bonchev–Trinajstić information content (AvgIpc) is 2.89. The molecule has 4 nitrogen and oxygen atoms in total. The Balaban J connectivity index is 1.69. The van der Waals surface area contributed by atoms with Crippen LogP contribution in [-0.4, -0.2) is 26.7 Å². The van der Waals surface area contributed by atoms with Gasteiger partial charge in [-0.1, -0.05) is 65.7 Å². The minimum Gasteiger partial charge on any atom is -0.714 e. The van der Waals surface area contributed by atoms with Gasteiger partial charge < -0.3 is 5.21 Å². The van der Waals surface area contributed by atoms with Crippen molar-refractivity contribution in [3.63, 3.8) is 0 Å². The van der Waals surface area contributed by atoms with Gasteiger partial charge in [-0.25, -0.2) is 0 Å². The van der Waals surface area contributed by atoms with Crippen molar-refractivity contribution in [3.05, 3.63) is 89.6 Å². The highest BCUT2D eigenvalue weighted by Gasteiger charge is 2.59. The second-order valence-electron chi connectivity index (χ2n) is 9.30. The predicted octanol–water partition coefficient (Wildman–Crippen LogP) is 6.14. The standard InChI is InChI=1S/C27H25N2O2/c1-26(2)27(3,4)29(31)25(28(26)30)19-15-13-18(14-16-19)24-22-11-7-5-9-20(22)17-21-10-6-8-12-23(21)24/h5-17H,1-4H3. The summed E-state index contributed by atoms with van der Waals surface area (Å²) >= 11 is 0. The van der Waals surface area contributed by atoms with Gasteiger partial charge in [-0.05, 0) is 78.6 Å². The van der Waals surface area contributed by atoms with Crippen molar-refractivity contribution in [2.75, 3.05) is 0 Å². The van der Waals surface area contributed by atoms with Gasteiger partial charge in [0.2, 0.25) is 0 Å². The maximum atomic E-state index is 13.0. The fourth-order valence-electron chi connectivity index (χ4n) is 4.45. The topological polar surface area (TPSA) is 49.2 Å². The number of amidine groups is 1. The summed E-state index contributed by atoms with van der Waals surface area (Å²) in [5, 5.41) is 31.6. The van der Waals surface area contributed by atoms with Crippen LogP contribution < -0.4 is 0 Å². The van der Waals surface area contributed by atoms with E-state index in [4.69, 9.17) is 0 Å². The molecule has 1 radical (unpaired) electrons. The molecule has 1 aliphatic heterocycles. The second kappa shape index (κ2) is 6.56. The summed E-state index contributed by atoms with van der Waals surface area (Å²) in [5.41, 5.74) is 1.21. The van der Waals surface area contributed by atoms with Crippen LogP contribution in [0.4, 0.5) is 0 Å². The van der Waals surface area contributed by atoms with Gasteiger partial charge in [0.1, 0.15) is 5.54 Å². The van der Waals surface area contributed by atoms with Crippen LogP contribution in [0.25, 0.3) is 32.7 Å². The third-order valence-electron chi connectivity index (χ3n) is 7.10. The zero-order chi connectivity index (χ0) is 22.0. The van der Waals surface area contributed by atoms with E-state index >= 15 is 0 Å². The molecular formula is C27H25N2O2. The van der Waals surface area contributed by atoms with E-state index in [1.807, 2.05) is 52.0 Å². The lowest BCUT2D eigenvalue weighted by molar-refractivity contribution is -0.539. The smallest absolute Gasteiger partial charge is 0.316 e. The molecule has 0 amide bonds. The first-order valence-corrected chi connectivity index (χ1v) is 10.6. The van der Waals surface area contributed by atoms with E-state index in [-0.39, 0.29) is 5.84 Å². The Labute approximate surface area is 182 Å².